The third-order valence-electron chi connectivity index (χ3n) is 3.34. The molecule has 0 unspecified atom stereocenters. The van der Waals surface area contributed by atoms with Gasteiger partial charge in [-0.2, -0.15) is 0 Å². The maximum atomic E-state index is 4.64. The second-order valence-corrected chi connectivity index (χ2v) is 6.06. The molecular formula is C14H25IN4S. The molecule has 114 valence electrons. The molecule has 6 heteroatoms. The van der Waals surface area contributed by atoms with Crippen LogP contribution < -0.4 is 10.6 Å². The zero-order valence-electron chi connectivity index (χ0n) is 12.3. The zero-order valence-corrected chi connectivity index (χ0v) is 15.5. The molecular weight excluding hydrogens is 383 g/mol. The van der Waals surface area contributed by atoms with Crippen molar-refractivity contribution >= 4 is 41.3 Å². The van der Waals surface area contributed by atoms with Crippen molar-refractivity contribution in [2.75, 3.05) is 13.1 Å². The summed E-state index contributed by atoms with van der Waals surface area (Å²) in [7, 11) is 0. The van der Waals surface area contributed by atoms with E-state index in [2.05, 4.69) is 32.9 Å². The lowest BCUT2D eigenvalue weighted by Gasteiger charge is -2.16. The Hall–Kier alpha value is -0.370. The molecule has 0 radical (unpaired) electrons. The molecule has 0 atom stereocenters. The monoisotopic (exact) mass is 408 g/mol. The summed E-state index contributed by atoms with van der Waals surface area (Å²) in [5.74, 6) is 0.960. The highest BCUT2D eigenvalue weighted by Gasteiger charge is 2.15. The van der Waals surface area contributed by atoms with Gasteiger partial charge in [0.15, 0.2) is 5.96 Å². The summed E-state index contributed by atoms with van der Waals surface area (Å²) in [6, 6.07) is 0.610. The first-order valence-corrected chi connectivity index (χ1v) is 8.11. The van der Waals surface area contributed by atoms with Gasteiger partial charge >= 0.3 is 0 Å². The molecule has 1 heterocycles. The molecule has 0 amide bonds. The van der Waals surface area contributed by atoms with Crippen LogP contribution in [0.1, 0.15) is 43.3 Å². The van der Waals surface area contributed by atoms with Crippen LogP contribution in [0.2, 0.25) is 0 Å². The zero-order chi connectivity index (χ0) is 13.5. The predicted octanol–water partition coefficient (Wildman–Crippen LogP) is 3.11. The first-order valence-electron chi connectivity index (χ1n) is 7.23. The van der Waals surface area contributed by atoms with Crippen LogP contribution in [0.3, 0.4) is 0 Å². The quantitative estimate of drug-likeness (QED) is 0.447. The second kappa shape index (κ2) is 9.55. The molecule has 0 spiro atoms. The maximum absolute atomic E-state index is 4.64. The van der Waals surface area contributed by atoms with Crippen LogP contribution in [0.5, 0.6) is 0 Å². The van der Waals surface area contributed by atoms with Crippen LogP contribution in [0, 0.1) is 6.92 Å². The van der Waals surface area contributed by atoms with E-state index in [9.17, 15) is 0 Å². The molecule has 0 aromatic carbocycles. The van der Waals surface area contributed by atoms with E-state index in [0.717, 1.165) is 36.2 Å². The summed E-state index contributed by atoms with van der Waals surface area (Å²) < 4.78 is 0. The molecule has 1 aliphatic rings. The van der Waals surface area contributed by atoms with E-state index in [1.165, 1.54) is 25.7 Å². The number of thiazole rings is 1. The van der Waals surface area contributed by atoms with E-state index >= 15 is 0 Å². The first-order chi connectivity index (χ1) is 9.28. The molecule has 1 aromatic rings. The largest absolute Gasteiger partial charge is 0.357 e. The molecule has 1 fully saturated rings. The van der Waals surface area contributed by atoms with Crippen LogP contribution in [0.4, 0.5) is 0 Å². The van der Waals surface area contributed by atoms with Crippen LogP contribution in [0.25, 0.3) is 0 Å². The molecule has 2 rings (SSSR count). The van der Waals surface area contributed by atoms with E-state index in [-0.39, 0.29) is 24.0 Å². The van der Waals surface area contributed by atoms with Gasteiger partial charge in [-0.15, -0.1) is 35.3 Å². The van der Waals surface area contributed by atoms with Crippen molar-refractivity contribution in [3.63, 3.8) is 0 Å². The average molecular weight is 408 g/mol. The Kier molecular flexibility index (Phi) is 8.44. The van der Waals surface area contributed by atoms with Gasteiger partial charge in [-0.05, 0) is 26.7 Å². The smallest absolute Gasteiger partial charge is 0.191 e. The Balaban J connectivity index is 0.00000200. The number of guanidine groups is 1. The van der Waals surface area contributed by atoms with Crippen LogP contribution in [-0.4, -0.2) is 30.1 Å². The van der Waals surface area contributed by atoms with Crippen molar-refractivity contribution in [2.24, 2.45) is 4.99 Å². The molecule has 1 aromatic heterocycles. The summed E-state index contributed by atoms with van der Waals surface area (Å²) >= 11 is 1.71. The van der Waals surface area contributed by atoms with E-state index < -0.39 is 0 Å². The number of halogens is 1. The number of aliphatic imine (C=N–C) groups is 1. The minimum atomic E-state index is 0. The Labute approximate surface area is 142 Å². The van der Waals surface area contributed by atoms with E-state index in [1.807, 2.05) is 6.92 Å². The molecule has 2 N–H and O–H groups in total. The fraction of sp³-hybridized carbons (Fsp3) is 0.714. The molecule has 0 aliphatic heterocycles. The lowest BCUT2D eigenvalue weighted by molar-refractivity contribution is 0.614. The standard InChI is InChI=1S/C14H24N4S.HI/c1-3-15-14(18-12-6-4-5-7-12)16-9-8-13-10-19-11(2)17-13;/h10,12H,3-9H2,1-2H3,(H2,15,16,18);1H. The van der Waals surface area contributed by atoms with Gasteiger partial charge in [0.1, 0.15) is 0 Å². The SMILES string of the molecule is CCNC(=NCCc1csc(C)n1)NC1CCCC1.I. The van der Waals surface area contributed by atoms with Crippen molar-refractivity contribution in [1.82, 2.24) is 15.6 Å². The van der Waals surface area contributed by atoms with Crippen LogP contribution in [-0.2, 0) is 6.42 Å². The number of rotatable bonds is 5. The van der Waals surface area contributed by atoms with Gasteiger partial charge in [0.25, 0.3) is 0 Å². The molecule has 4 nitrogen and oxygen atoms in total. The van der Waals surface area contributed by atoms with Crippen molar-refractivity contribution in [2.45, 2.75) is 52.0 Å². The highest BCUT2D eigenvalue weighted by Crippen LogP contribution is 2.17. The summed E-state index contributed by atoms with van der Waals surface area (Å²) in [6.45, 7) is 5.86. The number of hydrogen-bond donors (Lipinski definition) is 2. The number of aryl methyl sites for hydroxylation is 1. The number of aromatic nitrogens is 1. The van der Waals surface area contributed by atoms with Gasteiger partial charge in [0.05, 0.1) is 10.7 Å². The first kappa shape index (κ1) is 17.7. The number of nitrogens with zero attached hydrogens (tertiary/aromatic N) is 2. The third kappa shape index (κ3) is 5.95. The van der Waals surface area contributed by atoms with Gasteiger partial charge in [-0.1, -0.05) is 12.8 Å². The van der Waals surface area contributed by atoms with E-state index in [0.29, 0.717) is 6.04 Å². The van der Waals surface area contributed by atoms with Crippen molar-refractivity contribution < 1.29 is 0 Å². The molecule has 0 bridgehead atoms. The number of hydrogen-bond acceptors (Lipinski definition) is 3. The molecule has 1 aliphatic carbocycles. The molecule has 20 heavy (non-hydrogen) atoms. The van der Waals surface area contributed by atoms with Crippen molar-refractivity contribution in [3.8, 4) is 0 Å². The van der Waals surface area contributed by atoms with Gasteiger partial charge in [0, 0.05) is 30.9 Å². The fourth-order valence-corrected chi connectivity index (χ4v) is 3.04. The Morgan fingerprint density at radius 2 is 2.20 bits per heavy atom. The normalized spacial score (nSPS) is 16.0. The summed E-state index contributed by atoms with van der Waals surface area (Å²) in [5.41, 5.74) is 1.16. The number of nitrogens with one attached hydrogen (secondary N) is 2. The van der Waals surface area contributed by atoms with Crippen molar-refractivity contribution in [1.29, 1.82) is 0 Å². The summed E-state index contributed by atoms with van der Waals surface area (Å²) in [5, 5.41) is 10.1. The van der Waals surface area contributed by atoms with E-state index in [4.69, 9.17) is 0 Å². The Bertz CT molecular complexity index is 413. The highest BCUT2D eigenvalue weighted by atomic mass is 127. The van der Waals surface area contributed by atoms with Gasteiger partial charge in [-0.25, -0.2) is 4.98 Å². The third-order valence-corrected chi connectivity index (χ3v) is 4.17. The van der Waals surface area contributed by atoms with Gasteiger partial charge < -0.3 is 10.6 Å². The summed E-state index contributed by atoms with van der Waals surface area (Å²) in [6.07, 6.45) is 6.15. The Morgan fingerprint density at radius 1 is 1.45 bits per heavy atom. The lowest BCUT2D eigenvalue weighted by atomic mass is 10.2. The minimum Gasteiger partial charge on any atom is -0.357 e. The van der Waals surface area contributed by atoms with Crippen molar-refractivity contribution in [3.05, 3.63) is 16.1 Å². The van der Waals surface area contributed by atoms with Crippen LogP contribution in [0.15, 0.2) is 10.4 Å². The molecule has 1 saturated carbocycles. The fourth-order valence-electron chi connectivity index (χ4n) is 2.39. The van der Waals surface area contributed by atoms with E-state index in [1.54, 1.807) is 11.3 Å². The van der Waals surface area contributed by atoms with Gasteiger partial charge in [0.2, 0.25) is 0 Å². The van der Waals surface area contributed by atoms with Crippen LogP contribution >= 0.6 is 35.3 Å². The maximum Gasteiger partial charge on any atom is 0.191 e. The van der Waals surface area contributed by atoms with Gasteiger partial charge in [-0.3, -0.25) is 4.99 Å². The molecule has 0 saturated heterocycles. The average Bonchev–Trinajstić information content (AvgIpc) is 3.01. The Morgan fingerprint density at radius 3 is 2.80 bits per heavy atom. The summed E-state index contributed by atoms with van der Waals surface area (Å²) in [4.78, 5) is 9.11. The predicted molar refractivity (Wildman–Crippen MR) is 97.3 cm³/mol. The minimum absolute atomic E-state index is 0. The lowest BCUT2D eigenvalue weighted by Crippen LogP contribution is -2.42. The topological polar surface area (TPSA) is 49.3 Å². The highest BCUT2D eigenvalue weighted by molar-refractivity contribution is 14.0. The second-order valence-electron chi connectivity index (χ2n) is 4.99.